The van der Waals surface area contributed by atoms with Gasteiger partial charge in [0, 0.05) is 17.7 Å². The maximum Gasteiger partial charge on any atom is 0.273 e. The third-order valence-corrected chi connectivity index (χ3v) is 6.64. The van der Waals surface area contributed by atoms with Gasteiger partial charge in [-0.25, -0.2) is 0 Å². The van der Waals surface area contributed by atoms with Crippen molar-refractivity contribution in [2.75, 3.05) is 20.3 Å². The fraction of sp³-hybridized carbons (Fsp3) is 0.448. The van der Waals surface area contributed by atoms with Gasteiger partial charge in [-0.05, 0) is 61.1 Å². The van der Waals surface area contributed by atoms with Gasteiger partial charge < -0.3 is 19.5 Å². The van der Waals surface area contributed by atoms with Crippen LogP contribution in [0.3, 0.4) is 0 Å². The van der Waals surface area contributed by atoms with E-state index in [9.17, 15) is 9.90 Å². The Morgan fingerprint density at radius 2 is 1.92 bits per heavy atom. The van der Waals surface area contributed by atoms with Crippen LogP contribution in [0.1, 0.15) is 78.8 Å². The first kappa shape index (κ1) is 25.6. The number of aromatic amines is 1. The fourth-order valence-corrected chi connectivity index (χ4v) is 4.88. The molecule has 0 fully saturated rings. The Labute approximate surface area is 213 Å². The number of unbranched alkanes of at least 4 members (excludes halogenated alkanes) is 2. The van der Waals surface area contributed by atoms with Gasteiger partial charge >= 0.3 is 0 Å². The van der Waals surface area contributed by atoms with Crippen molar-refractivity contribution in [3.8, 4) is 28.5 Å². The molecule has 0 aliphatic carbocycles. The molecule has 4 rings (SSSR count). The molecule has 0 saturated carbocycles. The summed E-state index contributed by atoms with van der Waals surface area (Å²) in [6, 6.07) is 9.36. The number of aromatic nitrogens is 2. The number of carbonyl (C=O) groups excluding carboxylic acids is 1. The number of fused-ring (bicyclic) bond motifs is 1. The maximum absolute atomic E-state index is 13.6. The summed E-state index contributed by atoms with van der Waals surface area (Å²) in [5.41, 5.74) is 5.20. The molecule has 0 radical (unpaired) electrons. The molecule has 192 valence electrons. The minimum absolute atomic E-state index is 0.0761. The second-order valence-corrected chi connectivity index (χ2v) is 10.1. The van der Waals surface area contributed by atoms with Gasteiger partial charge in [0.25, 0.3) is 5.91 Å². The van der Waals surface area contributed by atoms with Crippen LogP contribution >= 0.6 is 0 Å². The van der Waals surface area contributed by atoms with Crippen molar-refractivity contribution in [2.45, 2.75) is 59.9 Å². The van der Waals surface area contributed by atoms with Gasteiger partial charge in [0.15, 0.2) is 11.5 Å². The monoisotopic (exact) mass is 491 g/mol. The molecule has 1 atom stereocenters. The smallest absolute Gasteiger partial charge is 0.273 e. The van der Waals surface area contributed by atoms with Crippen LogP contribution in [-0.4, -0.2) is 46.4 Å². The minimum Gasteiger partial charge on any atom is -0.507 e. The lowest BCUT2D eigenvalue weighted by molar-refractivity contribution is 0.0740. The van der Waals surface area contributed by atoms with E-state index in [-0.39, 0.29) is 17.7 Å². The van der Waals surface area contributed by atoms with Gasteiger partial charge in [0.1, 0.15) is 17.1 Å². The first-order chi connectivity index (χ1) is 17.3. The lowest BCUT2D eigenvalue weighted by Gasteiger charge is -2.27. The zero-order valence-electron chi connectivity index (χ0n) is 22.1. The van der Waals surface area contributed by atoms with Gasteiger partial charge in [0.2, 0.25) is 0 Å². The largest absolute Gasteiger partial charge is 0.507 e. The van der Waals surface area contributed by atoms with Crippen LogP contribution in [-0.2, 0) is 0 Å². The number of phenolic OH excluding ortho intramolecular Hbond substituents is 1. The third kappa shape index (κ3) is 4.79. The highest BCUT2D eigenvalue weighted by Crippen LogP contribution is 2.46. The summed E-state index contributed by atoms with van der Waals surface area (Å²) in [5.74, 6) is 1.80. The molecule has 2 aromatic carbocycles. The lowest BCUT2D eigenvalue weighted by atomic mass is 9.93. The topological polar surface area (TPSA) is 87.7 Å². The van der Waals surface area contributed by atoms with E-state index in [0.29, 0.717) is 47.5 Å². The number of benzene rings is 2. The molecule has 2 heterocycles. The predicted octanol–water partition coefficient (Wildman–Crippen LogP) is 6.18. The lowest BCUT2D eigenvalue weighted by Crippen LogP contribution is -2.30. The summed E-state index contributed by atoms with van der Waals surface area (Å²) in [6.07, 6.45) is 3.02. The van der Waals surface area contributed by atoms with E-state index in [0.717, 1.165) is 41.5 Å². The molecule has 1 unspecified atom stereocenters. The van der Waals surface area contributed by atoms with E-state index in [1.807, 2.05) is 49.1 Å². The summed E-state index contributed by atoms with van der Waals surface area (Å²) in [7, 11) is 1.63. The number of methoxy groups -OCH3 is 1. The van der Waals surface area contributed by atoms with E-state index in [4.69, 9.17) is 9.47 Å². The predicted molar refractivity (Wildman–Crippen MR) is 141 cm³/mol. The molecule has 36 heavy (non-hydrogen) atoms. The highest BCUT2D eigenvalue weighted by Gasteiger charge is 2.42. The molecule has 0 saturated heterocycles. The summed E-state index contributed by atoms with van der Waals surface area (Å²) in [5, 5.41) is 18.4. The normalized spacial score (nSPS) is 15.0. The number of aromatic hydroxyl groups is 1. The molecule has 0 spiro atoms. The van der Waals surface area contributed by atoms with Crippen molar-refractivity contribution in [3.63, 3.8) is 0 Å². The first-order valence-corrected chi connectivity index (χ1v) is 12.8. The van der Waals surface area contributed by atoms with Crippen LogP contribution < -0.4 is 9.47 Å². The van der Waals surface area contributed by atoms with Crippen LogP contribution in [0.5, 0.6) is 17.2 Å². The summed E-state index contributed by atoms with van der Waals surface area (Å²) in [6.45, 7) is 11.4. The number of hydrogen-bond acceptors (Lipinski definition) is 5. The van der Waals surface area contributed by atoms with Crippen molar-refractivity contribution in [2.24, 2.45) is 5.92 Å². The number of hydrogen-bond donors (Lipinski definition) is 2. The first-order valence-electron chi connectivity index (χ1n) is 12.8. The highest BCUT2D eigenvalue weighted by molar-refractivity contribution is 6.00. The Morgan fingerprint density at radius 3 is 2.61 bits per heavy atom. The number of rotatable bonds is 10. The van der Waals surface area contributed by atoms with Crippen molar-refractivity contribution in [1.29, 1.82) is 0 Å². The van der Waals surface area contributed by atoms with Crippen LogP contribution in [0.4, 0.5) is 0 Å². The molecular weight excluding hydrogens is 454 g/mol. The molecule has 2 N–H and O–H groups in total. The summed E-state index contributed by atoms with van der Waals surface area (Å²) >= 11 is 0. The molecule has 1 amide bonds. The Bertz CT molecular complexity index is 1250. The van der Waals surface area contributed by atoms with Crippen molar-refractivity contribution in [1.82, 2.24) is 15.1 Å². The van der Waals surface area contributed by atoms with E-state index < -0.39 is 0 Å². The van der Waals surface area contributed by atoms with E-state index in [1.54, 1.807) is 7.11 Å². The molecule has 0 bridgehead atoms. The van der Waals surface area contributed by atoms with Gasteiger partial charge in [-0.3, -0.25) is 9.89 Å². The number of phenols is 1. The number of carbonyl (C=O) groups is 1. The second kappa shape index (κ2) is 10.6. The zero-order valence-corrected chi connectivity index (χ0v) is 22.1. The molecule has 1 aromatic heterocycles. The SMILES string of the molecule is CCCCCN1C(=O)c2[nH]nc(-c3cc(C)cc(C)c3O)c2C1c1ccc(OCC(C)C)c(OC)c1. The molecule has 7 heteroatoms. The number of nitrogens with one attached hydrogen (secondary N) is 1. The summed E-state index contributed by atoms with van der Waals surface area (Å²) in [4.78, 5) is 15.5. The van der Waals surface area contributed by atoms with Crippen molar-refractivity contribution < 1.29 is 19.4 Å². The average molecular weight is 492 g/mol. The summed E-state index contributed by atoms with van der Waals surface area (Å²) < 4.78 is 11.6. The standard InChI is InChI=1S/C29H37N3O4/c1-7-8-9-12-32-27(20-10-11-22(23(15-20)35-6)36-16-17(2)3)24-25(30-31-26(24)29(32)34)21-14-18(4)13-19(5)28(21)33/h10-11,13-15,17,27,33H,7-9,12,16H2,1-6H3,(H,30,31). The van der Waals surface area contributed by atoms with Gasteiger partial charge in [0.05, 0.1) is 19.8 Å². The number of amides is 1. The number of aryl methyl sites for hydroxylation is 2. The molecular formula is C29H37N3O4. The molecule has 3 aromatic rings. The third-order valence-electron chi connectivity index (χ3n) is 6.64. The Balaban J connectivity index is 1.84. The van der Waals surface area contributed by atoms with Gasteiger partial charge in [-0.1, -0.05) is 45.7 Å². The Hall–Kier alpha value is -3.48. The van der Waals surface area contributed by atoms with E-state index >= 15 is 0 Å². The fourth-order valence-electron chi connectivity index (χ4n) is 4.88. The minimum atomic E-state index is -0.355. The average Bonchev–Trinajstić information content (AvgIpc) is 3.39. The van der Waals surface area contributed by atoms with Crippen LogP contribution in [0.25, 0.3) is 11.3 Å². The van der Waals surface area contributed by atoms with E-state index in [1.165, 1.54) is 0 Å². The van der Waals surface area contributed by atoms with Gasteiger partial charge in [-0.15, -0.1) is 0 Å². The second-order valence-electron chi connectivity index (χ2n) is 10.1. The van der Waals surface area contributed by atoms with Crippen LogP contribution in [0.2, 0.25) is 0 Å². The molecule has 7 nitrogen and oxygen atoms in total. The Kier molecular flexibility index (Phi) is 7.57. The van der Waals surface area contributed by atoms with E-state index in [2.05, 4.69) is 31.0 Å². The molecule has 1 aliphatic rings. The molecule has 1 aliphatic heterocycles. The van der Waals surface area contributed by atoms with Crippen LogP contribution in [0, 0.1) is 19.8 Å². The number of ether oxygens (including phenoxy) is 2. The van der Waals surface area contributed by atoms with Crippen LogP contribution in [0.15, 0.2) is 30.3 Å². The van der Waals surface area contributed by atoms with Crippen molar-refractivity contribution >= 4 is 5.91 Å². The zero-order chi connectivity index (χ0) is 26.0. The van der Waals surface area contributed by atoms with Crippen molar-refractivity contribution in [3.05, 3.63) is 58.3 Å². The highest BCUT2D eigenvalue weighted by atomic mass is 16.5. The Morgan fingerprint density at radius 1 is 1.14 bits per heavy atom. The van der Waals surface area contributed by atoms with Gasteiger partial charge in [-0.2, -0.15) is 5.10 Å². The maximum atomic E-state index is 13.6. The number of nitrogens with zero attached hydrogens (tertiary/aromatic N) is 2. The number of H-pyrrole nitrogens is 1. The quantitative estimate of drug-likeness (QED) is 0.331.